The molecule has 0 fully saturated rings. The van der Waals surface area contributed by atoms with Gasteiger partial charge in [-0.15, -0.1) is 0 Å². The molecule has 0 radical (unpaired) electrons. The predicted molar refractivity (Wildman–Crippen MR) is 94.3 cm³/mol. The van der Waals surface area contributed by atoms with E-state index < -0.39 is 5.91 Å². The first kappa shape index (κ1) is 18.2. The summed E-state index contributed by atoms with van der Waals surface area (Å²) < 4.78 is 5.52. The van der Waals surface area contributed by atoms with Crippen LogP contribution in [0.4, 0.5) is 0 Å². The molecule has 0 aliphatic heterocycles. The normalized spacial score (nSPS) is 10.4. The molecule has 0 aliphatic carbocycles. The van der Waals surface area contributed by atoms with Crippen LogP contribution in [0.3, 0.4) is 0 Å². The molecule has 6 nitrogen and oxygen atoms in total. The van der Waals surface area contributed by atoms with Gasteiger partial charge in [-0.1, -0.05) is 30.3 Å². The summed E-state index contributed by atoms with van der Waals surface area (Å²) in [6, 6.07) is 16.0. The van der Waals surface area contributed by atoms with Gasteiger partial charge in [-0.2, -0.15) is 0 Å². The Kier molecular flexibility index (Phi) is 7.21. The highest BCUT2D eigenvalue weighted by atomic mass is 16.5. The number of carbonyl (C=O) groups excluding carboxylic acids is 2. The number of ether oxygens (including phenoxy) is 1. The third-order valence-corrected chi connectivity index (χ3v) is 3.33. The zero-order valence-corrected chi connectivity index (χ0v) is 13.6. The van der Waals surface area contributed by atoms with Crippen LogP contribution in [0.25, 0.3) is 6.08 Å². The Morgan fingerprint density at radius 3 is 2.44 bits per heavy atom. The van der Waals surface area contributed by atoms with Crippen molar-refractivity contribution in [1.29, 1.82) is 0 Å². The van der Waals surface area contributed by atoms with Crippen LogP contribution >= 0.6 is 0 Å². The number of hydrogen-bond acceptors (Lipinski definition) is 4. The highest BCUT2D eigenvalue weighted by molar-refractivity contribution is 5.93. The van der Waals surface area contributed by atoms with Crippen LogP contribution in [-0.4, -0.2) is 30.2 Å². The number of nitrogens with one attached hydrogen (secondary N) is 2. The molecule has 0 saturated carbocycles. The number of carbonyl (C=O) groups is 2. The fourth-order valence-corrected chi connectivity index (χ4v) is 2.04. The second-order valence-corrected chi connectivity index (χ2v) is 5.20. The smallest absolute Gasteiger partial charge is 0.274 e. The van der Waals surface area contributed by atoms with E-state index in [4.69, 9.17) is 9.94 Å². The van der Waals surface area contributed by atoms with E-state index in [1.807, 2.05) is 30.3 Å². The molecule has 0 heterocycles. The van der Waals surface area contributed by atoms with Gasteiger partial charge in [-0.3, -0.25) is 14.8 Å². The standard InChI is InChI=1S/C19H20N2O4/c22-18(12-7-15-5-2-1-3-6-15)20-13-4-14-25-17-10-8-16(9-11-17)19(23)21-24/h1-3,5-12,24H,4,13-14H2,(H,20,22)(H,21,23). The number of benzene rings is 2. The van der Waals surface area contributed by atoms with Gasteiger partial charge in [0.15, 0.2) is 0 Å². The Hall–Kier alpha value is -3.12. The fraction of sp³-hybridized carbons (Fsp3) is 0.158. The van der Waals surface area contributed by atoms with Crippen molar-refractivity contribution >= 4 is 17.9 Å². The maximum atomic E-state index is 11.7. The van der Waals surface area contributed by atoms with Crippen molar-refractivity contribution in [3.05, 3.63) is 71.8 Å². The minimum absolute atomic E-state index is 0.150. The average molecular weight is 340 g/mol. The van der Waals surface area contributed by atoms with Crippen LogP contribution in [0.5, 0.6) is 5.75 Å². The Morgan fingerprint density at radius 1 is 1.04 bits per heavy atom. The molecule has 2 amide bonds. The second kappa shape index (κ2) is 9.89. The fourth-order valence-electron chi connectivity index (χ4n) is 2.04. The number of hydroxylamine groups is 1. The maximum absolute atomic E-state index is 11.7. The van der Waals surface area contributed by atoms with Crippen LogP contribution in [0.15, 0.2) is 60.7 Å². The lowest BCUT2D eigenvalue weighted by Crippen LogP contribution is -2.23. The molecule has 0 unspecified atom stereocenters. The molecular weight excluding hydrogens is 320 g/mol. The summed E-state index contributed by atoms with van der Waals surface area (Å²) in [6.07, 6.45) is 3.92. The zero-order valence-electron chi connectivity index (χ0n) is 13.6. The first-order valence-corrected chi connectivity index (χ1v) is 7.87. The summed E-state index contributed by atoms with van der Waals surface area (Å²) in [6.45, 7) is 0.942. The summed E-state index contributed by atoms with van der Waals surface area (Å²) in [7, 11) is 0. The van der Waals surface area contributed by atoms with Crippen molar-refractivity contribution in [3.8, 4) is 5.75 Å². The molecule has 2 aromatic carbocycles. The number of amides is 2. The third kappa shape index (κ3) is 6.48. The number of rotatable bonds is 8. The summed E-state index contributed by atoms with van der Waals surface area (Å²) in [5.41, 5.74) is 2.88. The van der Waals surface area contributed by atoms with Crippen molar-refractivity contribution in [1.82, 2.24) is 10.8 Å². The lowest BCUT2D eigenvalue weighted by Gasteiger charge is -2.07. The predicted octanol–water partition coefficient (Wildman–Crippen LogP) is 2.40. The Labute approximate surface area is 146 Å². The van der Waals surface area contributed by atoms with E-state index in [2.05, 4.69) is 5.32 Å². The van der Waals surface area contributed by atoms with Gasteiger partial charge in [0.05, 0.1) is 6.61 Å². The van der Waals surface area contributed by atoms with Gasteiger partial charge < -0.3 is 10.1 Å². The largest absolute Gasteiger partial charge is 0.494 e. The average Bonchev–Trinajstić information content (AvgIpc) is 2.67. The van der Waals surface area contributed by atoms with Gasteiger partial charge in [0.2, 0.25) is 5.91 Å². The molecule has 25 heavy (non-hydrogen) atoms. The highest BCUT2D eigenvalue weighted by Crippen LogP contribution is 2.12. The summed E-state index contributed by atoms with van der Waals surface area (Å²) in [4.78, 5) is 22.9. The lowest BCUT2D eigenvalue weighted by atomic mass is 10.2. The maximum Gasteiger partial charge on any atom is 0.274 e. The monoisotopic (exact) mass is 340 g/mol. The topological polar surface area (TPSA) is 87.7 Å². The molecule has 0 atom stereocenters. The van der Waals surface area contributed by atoms with E-state index >= 15 is 0 Å². The van der Waals surface area contributed by atoms with E-state index in [9.17, 15) is 9.59 Å². The van der Waals surface area contributed by atoms with Crippen molar-refractivity contribution in [2.45, 2.75) is 6.42 Å². The lowest BCUT2D eigenvalue weighted by molar-refractivity contribution is -0.116. The van der Waals surface area contributed by atoms with Crippen molar-refractivity contribution in [2.75, 3.05) is 13.2 Å². The molecule has 0 bridgehead atoms. The van der Waals surface area contributed by atoms with Gasteiger partial charge in [-0.25, -0.2) is 5.48 Å². The summed E-state index contributed by atoms with van der Waals surface area (Å²) in [5.74, 6) is -0.106. The van der Waals surface area contributed by atoms with E-state index in [1.165, 1.54) is 6.08 Å². The summed E-state index contributed by atoms with van der Waals surface area (Å²) in [5, 5.41) is 11.3. The van der Waals surface area contributed by atoms with Gasteiger partial charge in [0, 0.05) is 18.2 Å². The molecule has 6 heteroatoms. The van der Waals surface area contributed by atoms with Crippen LogP contribution < -0.4 is 15.5 Å². The first-order chi connectivity index (χ1) is 12.2. The summed E-state index contributed by atoms with van der Waals surface area (Å²) >= 11 is 0. The molecule has 2 rings (SSSR count). The minimum atomic E-state index is -0.571. The highest BCUT2D eigenvalue weighted by Gasteiger charge is 2.03. The molecule has 130 valence electrons. The van der Waals surface area contributed by atoms with Gasteiger partial charge in [-0.05, 0) is 42.3 Å². The van der Waals surface area contributed by atoms with E-state index in [-0.39, 0.29) is 5.91 Å². The Bertz CT molecular complexity index is 712. The molecule has 0 aliphatic rings. The van der Waals surface area contributed by atoms with Crippen molar-refractivity contribution < 1.29 is 19.5 Å². The van der Waals surface area contributed by atoms with Crippen LogP contribution in [0.2, 0.25) is 0 Å². The van der Waals surface area contributed by atoms with Gasteiger partial charge >= 0.3 is 0 Å². The van der Waals surface area contributed by atoms with Gasteiger partial charge in [0.1, 0.15) is 5.75 Å². The Balaban J connectivity index is 1.63. The number of hydrogen-bond donors (Lipinski definition) is 3. The molecule has 3 N–H and O–H groups in total. The van der Waals surface area contributed by atoms with Crippen LogP contribution in [0.1, 0.15) is 22.3 Å². The van der Waals surface area contributed by atoms with Gasteiger partial charge in [0.25, 0.3) is 5.91 Å². The SMILES string of the molecule is O=C(C=Cc1ccccc1)NCCCOc1ccc(C(=O)NO)cc1. The zero-order chi connectivity index (χ0) is 17.9. The first-order valence-electron chi connectivity index (χ1n) is 7.87. The van der Waals surface area contributed by atoms with E-state index in [0.717, 1.165) is 5.56 Å². The van der Waals surface area contributed by atoms with Crippen molar-refractivity contribution in [3.63, 3.8) is 0 Å². The molecule has 0 saturated heterocycles. The second-order valence-electron chi connectivity index (χ2n) is 5.20. The molecule has 0 spiro atoms. The van der Waals surface area contributed by atoms with Crippen LogP contribution in [-0.2, 0) is 4.79 Å². The van der Waals surface area contributed by atoms with E-state index in [0.29, 0.717) is 30.9 Å². The quantitative estimate of drug-likeness (QED) is 0.298. The molecule has 0 aromatic heterocycles. The van der Waals surface area contributed by atoms with E-state index in [1.54, 1.807) is 35.8 Å². The minimum Gasteiger partial charge on any atom is -0.494 e. The molecular formula is C19H20N2O4. The Morgan fingerprint density at radius 2 is 1.76 bits per heavy atom. The third-order valence-electron chi connectivity index (χ3n) is 3.33. The van der Waals surface area contributed by atoms with Crippen molar-refractivity contribution in [2.24, 2.45) is 0 Å². The molecule has 2 aromatic rings. The van der Waals surface area contributed by atoms with Crippen LogP contribution in [0, 0.1) is 0 Å².